The Balaban J connectivity index is 2.24. The number of carbonyl (C=O) groups excluding carboxylic acids is 2. The molecular formula is C26H36N2O2. The topological polar surface area (TPSA) is 49.4 Å². The highest BCUT2D eigenvalue weighted by Gasteiger charge is 2.29. The Labute approximate surface area is 181 Å². The molecule has 0 saturated carbocycles. The number of nitrogens with one attached hydrogen (secondary N) is 1. The molecule has 0 saturated heterocycles. The number of benzene rings is 2. The van der Waals surface area contributed by atoms with Crippen molar-refractivity contribution in [1.29, 1.82) is 0 Å². The average molecular weight is 409 g/mol. The lowest BCUT2D eigenvalue weighted by molar-refractivity contribution is -0.140. The zero-order valence-corrected chi connectivity index (χ0v) is 19.1. The summed E-state index contributed by atoms with van der Waals surface area (Å²) in [7, 11) is 0. The SMILES string of the molecule is CCC(C)NC(=O)C(CC)N(CCc1ccccc1)C(=O)Cc1cc(C)ccc1C. The summed E-state index contributed by atoms with van der Waals surface area (Å²) in [5.74, 6) is -0.0555. The minimum atomic E-state index is -0.458. The first kappa shape index (κ1) is 23.7. The highest BCUT2D eigenvalue weighted by atomic mass is 16.2. The standard InChI is InChI=1S/C26H36N2O2/c1-6-21(5)27-26(30)24(7-2)28(16-15-22-11-9-8-10-12-22)25(29)18-23-17-19(3)13-14-20(23)4/h8-14,17,21,24H,6-7,15-16,18H2,1-5H3,(H,27,30). The molecule has 4 nitrogen and oxygen atoms in total. The number of amides is 2. The minimum absolute atomic E-state index is 0.00535. The van der Waals surface area contributed by atoms with Gasteiger partial charge in [-0.25, -0.2) is 0 Å². The summed E-state index contributed by atoms with van der Waals surface area (Å²) in [5, 5.41) is 3.07. The van der Waals surface area contributed by atoms with Crippen molar-refractivity contribution in [3.63, 3.8) is 0 Å². The smallest absolute Gasteiger partial charge is 0.243 e. The lowest BCUT2D eigenvalue weighted by Crippen LogP contribution is -2.52. The van der Waals surface area contributed by atoms with Crippen LogP contribution in [-0.2, 0) is 22.4 Å². The third kappa shape index (κ3) is 6.72. The van der Waals surface area contributed by atoms with Gasteiger partial charge in [-0.1, -0.05) is 67.9 Å². The number of rotatable bonds is 10. The summed E-state index contributed by atoms with van der Waals surface area (Å²) in [6.07, 6.45) is 2.50. The van der Waals surface area contributed by atoms with Crippen LogP contribution >= 0.6 is 0 Å². The van der Waals surface area contributed by atoms with Crippen molar-refractivity contribution in [3.8, 4) is 0 Å². The maximum atomic E-state index is 13.4. The van der Waals surface area contributed by atoms with E-state index in [-0.39, 0.29) is 17.9 Å². The van der Waals surface area contributed by atoms with Gasteiger partial charge in [-0.3, -0.25) is 9.59 Å². The Morgan fingerprint density at radius 1 is 1.00 bits per heavy atom. The van der Waals surface area contributed by atoms with Crippen molar-refractivity contribution >= 4 is 11.8 Å². The molecule has 2 rings (SSSR count). The van der Waals surface area contributed by atoms with Gasteiger partial charge in [-0.2, -0.15) is 0 Å². The Bertz CT molecular complexity index is 832. The van der Waals surface area contributed by atoms with Gasteiger partial charge in [0.2, 0.25) is 11.8 Å². The third-order valence-electron chi connectivity index (χ3n) is 5.72. The summed E-state index contributed by atoms with van der Waals surface area (Å²) >= 11 is 0. The fraction of sp³-hybridized carbons (Fsp3) is 0.462. The van der Waals surface area contributed by atoms with E-state index in [0.717, 1.165) is 29.5 Å². The fourth-order valence-corrected chi connectivity index (χ4v) is 3.59. The van der Waals surface area contributed by atoms with Crippen LogP contribution < -0.4 is 5.32 Å². The molecule has 0 aliphatic heterocycles. The monoisotopic (exact) mass is 408 g/mol. The van der Waals surface area contributed by atoms with Crippen molar-refractivity contribution in [1.82, 2.24) is 10.2 Å². The van der Waals surface area contributed by atoms with Gasteiger partial charge in [0, 0.05) is 12.6 Å². The Hall–Kier alpha value is -2.62. The van der Waals surface area contributed by atoms with E-state index in [1.165, 1.54) is 5.56 Å². The maximum Gasteiger partial charge on any atom is 0.243 e. The lowest BCUT2D eigenvalue weighted by Gasteiger charge is -2.31. The zero-order chi connectivity index (χ0) is 22.1. The van der Waals surface area contributed by atoms with Crippen LogP contribution in [0.2, 0.25) is 0 Å². The maximum absolute atomic E-state index is 13.4. The van der Waals surface area contributed by atoms with Gasteiger partial charge in [0.1, 0.15) is 6.04 Å². The summed E-state index contributed by atoms with van der Waals surface area (Å²) in [6, 6.07) is 15.9. The van der Waals surface area contributed by atoms with Crippen LogP contribution in [0, 0.1) is 13.8 Å². The van der Waals surface area contributed by atoms with Crippen LogP contribution in [0.3, 0.4) is 0 Å². The van der Waals surface area contributed by atoms with Gasteiger partial charge < -0.3 is 10.2 Å². The van der Waals surface area contributed by atoms with Crippen molar-refractivity contribution in [2.24, 2.45) is 0 Å². The number of aryl methyl sites for hydroxylation is 2. The molecule has 0 aliphatic carbocycles. The third-order valence-corrected chi connectivity index (χ3v) is 5.72. The van der Waals surface area contributed by atoms with Gasteiger partial charge in [0.25, 0.3) is 0 Å². The van der Waals surface area contributed by atoms with Crippen LogP contribution in [0.5, 0.6) is 0 Å². The average Bonchev–Trinajstić information content (AvgIpc) is 2.74. The molecule has 1 N–H and O–H groups in total. The van der Waals surface area contributed by atoms with Crippen LogP contribution in [0.4, 0.5) is 0 Å². The molecule has 30 heavy (non-hydrogen) atoms. The van der Waals surface area contributed by atoms with Gasteiger partial charge in [0.05, 0.1) is 6.42 Å². The molecule has 0 radical (unpaired) electrons. The lowest BCUT2D eigenvalue weighted by atomic mass is 10.0. The molecule has 2 aromatic carbocycles. The number of hydrogen-bond donors (Lipinski definition) is 1. The molecule has 0 aromatic heterocycles. The van der Waals surface area contributed by atoms with Crippen LogP contribution in [0.15, 0.2) is 48.5 Å². The first-order valence-electron chi connectivity index (χ1n) is 11.1. The summed E-state index contributed by atoms with van der Waals surface area (Å²) < 4.78 is 0. The van der Waals surface area contributed by atoms with Gasteiger partial charge >= 0.3 is 0 Å². The van der Waals surface area contributed by atoms with E-state index < -0.39 is 6.04 Å². The van der Waals surface area contributed by atoms with E-state index in [9.17, 15) is 9.59 Å². The molecule has 0 bridgehead atoms. The molecule has 0 fully saturated rings. The fourth-order valence-electron chi connectivity index (χ4n) is 3.59. The molecule has 2 unspecified atom stereocenters. The molecule has 2 amide bonds. The van der Waals surface area contributed by atoms with E-state index >= 15 is 0 Å². The molecule has 4 heteroatoms. The van der Waals surface area contributed by atoms with Crippen molar-refractivity contribution in [2.45, 2.75) is 72.4 Å². The number of carbonyl (C=O) groups is 2. The van der Waals surface area contributed by atoms with Gasteiger partial charge in [0.15, 0.2) is 0 Å². The first-order valence-corrected chi connectivity index (χ1v) is 11.1. The molecular weight excluding hydrogens is 372 g/mol. The minimum Gasteiger partial charge on any atom is -0.352 e. The van der Waals surface area contributed by atoms with E-state index in [2.05, 4.69) is 35.6 Å². The molecule has 162 valence electrons. The zero-order valence-electron chi connectivity index (χ0n) is 19.1. The first-order chi connectivity index (χ1) is 14.3. The second-order valence-corrected chi connectivity index (χ2v) is 8.17. The van der Waals surface area contributed by atoms with E-state index in [1.54, 1.807) is 4.90 Å². The van der Waals surface area contributed by atoms with E-state index in [4.69, 9.17) is 0 Å². The van der Waals surface area contributed by atoms with E-state index in [1.807, 2.05) is 52.8 Å². The van der Waals surface area contributed by atoms with Crippen LogP contribution in [0.1, 0.15) is 55.9 Å². The van der Waals surface area contributed by atoms with Gasteiger partial charge in [-0.05, 0) is 56.7 Å². The van der Waals surface area contributed by atoms with E-state index in [0.29, 0.717) is 19.4 Å². The Morgan fingerprint density at radius 3 is 2.33 bits per heavy atom. The largest absolute Gasteiger partial charge is 0.352 e. The second kappa shape index (κ2) is 11.5. The quantitative estimate of drug-likeness (QED) is 0.624. The van der Waals surface area contributed by atoms with Crippen molar-refractivity contribution in [3.05, 3.63) is 70.8 Å². The summed E-state index contributed by atoms with van der Waals surface area (Å²) in [5.41, 5.74) is 4.44. The summed E-state index contributed by atoms with van der Waals surface area (Å²) in [4.78, 5) is 28.2. The van der Waals surface area contributed by atoms with Crippen LogP contribution in [0.25, 0.3) is 0 Å². The molecule has 2 aromatic rings. The highest BCUT2D eigenvalue weighted by Crippen LogP contribution is 2.16. The molecule has 0 aliphatic rings. The second-order valence-electron chi connectivity index (χ2n) is 8.17. The van der Waals surface area contributed by atoms with Crippen LogP contribution in [-0.4, -0.2) is 35.3 Å². The molecule has 0 spiro atoms. The van der Waals surface area contributed by atoms with Gasteiger partial charge in [-0.15, -0.1) is 0 Å². The highest BCUT2D eigenvalue weighted by molar-refractivity contribution is 5.88. The number of nitrogens with zero attached hydrogens (tertiary/aromatic N) is 1. The predicted octanol–water partition coefficient (Wildman–Crippen LogP) is 4.61. The van der Waals surface area contributed by atoms with Crippen molar-refractivity contribution in [2.75, 3.05) is 6.54 Å². The Kier molecular flexibility index (Phi) is 9.10. The van der Waals surface area contributed by atoms with Crippen molar-refractivity contribution < 1.29 is 9.59 Å². The molecule has 0 heterocycles. The normalized spacial score (nSPS) is 12.8. The molecule has 2 atom stereocenters. The summed E-state index contributed by atoms with van der Waals surface area (Å²) in [6.45, 7) is 10.6. The Morgan fingerprint density at radius 2 is 1.70 bits per heavy atom. The predicted molar refractivity (Wildman–Crippen MR) is 123 cm³/mol. The number of hydrogen-bond acceptors (Lipinski definition) is 2.